The molecular formula is C18H20O4S. The van der Waals surface area contributed by atoms with Crippen molar-refractivity contribution in [1.82, 2.24) is 0 Å². The minimum atomic E-state index is -0.937. The Labute approximate surface area is 139 Å². The third-order valence-corrected chi connectivity index (χ3v) is 4.76. The molecule has 1 aromatic heterocycles. The van der Waals surface area contributed by atoms with E-state index in [4.69, 9.17) is 9.84 Å². The SMILES string of the molecule is C=CCc1cc2cc(CC(=O)C[C@H](C)C(=O)O)sc2cc1OC. The van der Waals surface area contributed by atoms with E-state index >= 15 is 0 Å². The van der Waals surface area contributed by atoms with E-state index in [-0.39, 0.29) is 18.6 Å². The Balaban J connectivity index is 2.21. The number of ketones is 1. The summed E-state index contributed by atoms with van der Waals surface area (Å²) < 4.78 is 6.46. The van der Waals surface area contributed by atoms with Crippen LogP contribution in [0.25, 0.3) is 10.1 Å². The molecule has 0 saturated carbocycles. The lowest BCUT2D eigenvalue weighted by Crippen LogP contribution is -2.15. The molecule has 4 nitrogen and oxygen atoms in total. The third-order valence-electron chi connectivity index (χ3n) is 3.66. The lowest BCUT2D eigenvalue weighted by molar-refractivity contribution is -0.143. The lowest BCUT2D eigenvalue weighted by atomic mass is 10.0. The van der Waals surface area contributed by atoms with E-state index in [1.54, 1.807) is 25.4 Å². The molecular weight excluding hydrogens is 312 g/mol. The van der Waals surface area contributed by atoms with Crippen LogP contribution in [-0.2, 0) is 22.4 Å². The molecule has 1 heterocycles. The highest BCUT2D eigenvalue weighted by molar-refractivity contribution is 7.19. The summed E-state index contributed by atoms with van der Waals surface area (Å²) >= 11 is 1.54. The number of carboxylic acid groups (broad SMARTS) is 1. The smallest absolute Gasteiger partial charge is 0.306 e. The summed E-state index contributed by atoms with van der Waals surface area (Å²) in [6, 6.07) is 6.03. The second kappa shape index (κ2) is 7.42. The number of rotatable bonds is 8. The molecule has 1 N–H and O–H groups in total. The number of allylic oxidation sites excluding steroid dienone is 1. The standard InChI is InChI=1S/C18H20O4S/c1-4-5-12-7-13-8-15(23-17(13)10-16(12)22-3)9-14(19)6-11(2)18(20)21/h4,7-8,10-11H,1,5-6,9H2,2-3H3,(H,20,21)/t11-/m0/s1. The van der Waals surface area contributed by atoms with Gasteiger partial charge in [0, 0.05) is 22.4 Å². The molecule has 5 heteroatoms. The molecule has 0 spiro atoms. The molecule has 0 amide bonds. The molecule has 0 radical (unpaired) electrons. The van der Waals surface area contributed by atoms with Crippen LogP contribution >= 0.6 is 11.3 Å². The zero-order valence-electron chi connectivity index (χ0n) is 13.3. The summed E-state index contributed by atoms with van der Waals surface area (Å²) in [6.45, 7) is 5.31. The van der Waals surface area contributed by atoms with E-state index in [2.05, 4.69) is 12.6 Å². The first-order chi connectivity index (χ1) is 10.9. The Morgan fingerprint density at radius 1 is 1.39 bits per heavy atom. The summed E-state index contributed by atoms with van der Waals surface area (Å²) in [5, 5.41) is 9.95. The monoisotopic (exact) mass is 332 g/mol. The van der Waals surface area contributed by atoms with Gasteiger partial charge in [0.25, 0.3) is 0 Å². The summed E-state index contributed by atoms with van der Waals surface area (Å²) in [5.74, 6) is -0.814. The summed E-state index contributed by atoms with van der Waals surface area (Å²) in [4.78, 5) is 23.8. The van der Waals surface area contributed by atoms with Crippen LogP contribution in [0.1, 0.15) is 23.8 Å². The van der Waals surface area contributed by atoms with Gasteiger partial charge in [-0.15, -0.1) is 17.9 Å². The van der Waals surface area contributed by atoms with Gasteiger partial charge in [-0.3, -0.25) is 9.59 Å². The second-order valence-corrected chi connectivity index (χ2v) is 6.73. The van der Waals surface area contributed by atoms with E-state index in [1.165, 1.54) is 0 Å². The van der Waals surface area contributed by atoms with Gasteiger partial charge in [0.1, 0.15) is 11.5 Å². The van der Waals surface area contributed by atoms with E-state index in [0.717, 1.165) is 32.7 Å². The van der Waals surface area contributed by atoms with Crippen LogP contribution in [0.15, 0.2) is 30.9 Å². The maximum absolute atomic E-state index is 12.0. The fraction of sp³-hybridized carbons (Fsp3) is 0.333. The van der Waals surface area contributed by atoms with E-state index in [0.29, 0.717) is 0 Å². The average Bonchev–Trinajstić information content (AvgIpc) is 2.87. The average molecular weight is 332 g/mol. The number of methoxy groups -OCH3 is 1. The first-order valence-electron chi connectivity index (χ1n) is 7.39. The minimum Gasteiger partial charge on any atom is -0.496 e. The van der Waals surface area contributed by atoms with E-state index in [9.17, 15) is 9.59 Å². The van der Waals surface area contributed by atoms with Gasteiger partial charge in [-0.2, -0.15) is 0 Å². The van der Waals surface area contributed by atoms with Crippen molar-refractivity contribution in [3.63, 3.8) is 0 Å². The topological polar surface area (TPSA) is 63.6 Å². The number of carbonyl (C=O) groups is 2. The van der Waals surface area contributed by atoms with Crippen molar-refractivity contribution in [2.24, 2.45) is 5.92 Å². The molecule has 0 aliphatic rings. The minimum absolute atomic E-state index is 0.0512. The molecule has 122 valence electrons. The molecule has 1 atom stereocenters. The van der Waals surface area contributed by atoms with Gasteiger partial charge < -0.3 is 9.84 Å². The highest BCUT2D eigenvalue weighted by Gasteiger charge is 2.17. The van der Waals surface area contributed by atoms with E-state index < -0.39 is 11.9 Å². The highest BCUT2D eigenvalue weighted by atomic mass is 32.1. The van der Waals surface area contributed by atoms with Crippen LogP contribution in [0.3, 0.4) is 0 Å². The van der Waals surface area contributed by atoms with Crippen molar-refractivity contribution in [1.29, 1.82) is 0 Å². The van der Waals surface area contributed by atoms with Crippen molar-refractivity contribution < 1.29 is 19.4 Å². The number of thiophene rings is 1. The number of Topliss-reactive ketones (excluding diaryl/α,β-unsaturated/α-hetero) is 1. The zero-order chi connectivity index (χ0) is 17.0. The quantitative estimate of drug-likeness (QED) is 0.746. The van der Waals surface area contributed by atoms with Crippen LogP contribution < -0.4 is 4.74 Å². The van der Waals surface area contributed by atoms with Gasteiger partial charge in [-0.25, -0.2) is 0 Å². The third kappa shape index (κ3) is 4.20. The number of carbonyl (C=O) groups excluding carboxylic acids is 1. The molecule has 2 aromatic rings. The number of hydrogen-bond acceptors (Lipinski definition) is 4. The van der Waals surface area contributed by atoms with Gasteiger partial charge in [0.05, 0.1) is 13.0 Å². The maximum Gasteiger partial charge on any atom is 0.306 e. The Kier molecular flexibility index (Phi) is 5.55. The molecule has 0 saturated heterocycles. The number of ether oxygens (including phenoxy) is 1. The van der Waals surface area contributed by atoms with Crippen molar-refractivity contribution >= 4 is 33.2 Å². The Hall–Kier alpha value is -2.14. The van der Waals surface area contributed by atoms with Crippen LogP contribution in [0, 0.1) is 5.92 Å². The second-order valence-electron chi connectivity index (χ2n) is 5.57. The number of carboxylic acids is 1. The predicted octanol–water partition coefficient (Wildman–Crippen LogP) is 3.86. The van der Waals surface area contributed by atoms with Crippen LogP contribution in [0.5, 0.6) is 5.75 Å². The van der Waals surface area contributed by atoms with Gasteiger partial charge in [-0.1, -0.05) is 13.0 Å². The summed E-state index contributed by atoms with van der Waals surface area (Å²) in [5.41, 5.74) is 1.06. The van der Waals surface area contributed by atoms with Crippen molar-refractivity contribution in [3.8, 4) is 5.75 Å². The largest absolute Gasteiger partial charge is 0.496 e. The molecule has 0 bridgehead atoms. The Morgan fingerprint density at radius 2 is 2.13 bits per heavy atom. The van der Waals surface area contributed by atoms with E-state index in [1.807, 2.05) is 18.2 Å². The van der Waals surface area contributed by atoms with Crippen LogP contribution in [0.4, 0.5) is 0 Å². The van der Waals surface area contributed by atoms with Crippen molar-refractivity contribution in [3.05, 3.63) is 41.3 Å². The molecule has 2 rings (SSSR count). The van der Waals surface area contributed by atoms with Gasteiger partial charge in [0.2, 0.25) is 0 Å². The number of fused-ring (bicyclic) bond motifs is 1. The van der Waals surface area contributed by atoms with Crippen molar-refractivity contribution in [2.75, 3.05) is 7.11 Å². The number of aliphatic carboxylic acids is 1. The fourth-order valence-electron chi connectivity index (χ4n) is 2.46. The molecule has 0 fully saturated rings. The zero-order valence-corrected chi connectivity index (χ0v) is 14.1. The normalized spacial score (nSPS) is 12.1. The Morgan fingerprint density at radius 3 is 2.74 bits per heavy atom. The van der Waals surface area contributed by atoms with Crippen molar-refractivity contribution in [2.45, 2.75) is 26.2 Å². The molecule has 0 unspecified atom stereocenters. The maximum atomic E-state index is 12.0. The first kappa shape index (κ1) is 17.2. The van der Waals surface area contributed by atoms with Gasteiger partial charge >= 0.3 is 5.97 Å². The van der Waals surface area contributed by atoms with Crippen LogP contribution in [-0.4, -0.2) is 24.0 Å². The molecule has 1 aromatic carbocycles. The van der Waals surface area contributed by atoms with Crippen LogP contribution in [0.2, 0.25) is 0 Å². The lowest BCUT2D eigenvalue weighted by Gasteiger charge is -2.06. The molecule has 0 aliphatic carbocycles. The fourth-order valence-corrected chi connectivity index (χ4v) is 3.56. The van der Waals surface area contributed by atoms with Gasteiger partial charge in [-0.05, 0) is 35.6 Å². The predicted molar refractivity (Wildman–Crippen MR) is 92.4 cm³/mol. The Bertz CT molecular complexity index is 745. The summed E-state index contributed by atoms with van der Waals surface area (Å²) in [6.07, 6.45) is 2.89. The molecule has 23 heavy (non-hydrogen) atoms. The summed E-state index contributed by atoms with van der Waals surface area (Å²) in [7, 11) is 1.64. The molecule has 0 aliphatic heterocycles. The number of benzene rings is 1. The van der Waals surface area contributed by atoms with Gasteiger partial charge in [0.15, 0.2) is 0 Å². The first-order valence-corrected chi connectivity index (χ1v) is 8.21. The highest BCUT2D eigenvalue weighted by Crippen LogP contribution is 2.33. The number of hydrogen-bond donors (Lipinski definition) is 1.